The highest BCUT2D eigenvalue weighted by molar-refractivity contribution is 5.27. The Labute approximate surface area is 129 Å². The van der Waals surface area contributed by atoms with Crippen LogP contribution in [0, 0.1) is 0 Å². The standard InChI is InChI=1S/C18H29NO2/c1-14(2)21-18-8-6-16(7-9-18)5-4-15(3)19-17-10-12-20-13-11-17/h6-9,14-15,17,19H,4-5,10-13H2,1-3H3/t15-/m1/s1. The molecule has 1 N–H and O–H groups in total. The van der Waals surface area contributed by atoms with E-state index in [1.165, 1.54) is 12.0 Å². The van der Waals surface area contributed by atoms with Crippen molar-refractivity contribution in [2.24, 2.45) is 0 Å². The van der Waals surface area contributed by atoms with Gasteiger partial charge in [0.05, 0.1) is 6.10 Å². The summed E-state index contributed by atoms with van der Waals surface area (Å²) >= 11 is 0. The van der Waals surface area contributed by atoms with E-state index in [2.05, 4.69) is 50.4 Å². The summed E-state index contributed by atoms with van der Waals surface area (Å²) in [5.41, 5.74) is 1.38. The molecule has 3 heteroatoms. The molecule has 1 saturated heterocycles. The lowest BCUT2D eigenvalue weighted by Crippen LogP contribution is -2.40. The zero-order valence-corrected chi connectivity index (χ0v) is 13.6. The number of hydrogen-bond donors (Lipinski definition) is 1. The van der Waals surface area contributed by atoms with E-state index in [0.29, 0.717) is 12.1 Å². The molecule has 1 fully saturated rings. The number of benzene rings is 1. The SMILES string of the molecule is CC(C)Oc1ccc(CC[C@@H](C)NC2CCOCC2)cc1. The van der Waals surface area contributed by atoms with Gasteiger partial charge in [0.1, 0.15) is 5.75 Å². The van der Waals surface area contributed by atoms with E-state index in [1.54, 1.807) is 0 Å². The average molecular weight is 291 g/mol. The number of aryl methyl sites for hydroxylation is 1. The van der Waals surface area contributed by atoms with Gasteiger partial charge in [-0.15, -0.1) is 0 Å². The Balaban J connectivity index is 1.71. The van der Waals surface area contributed by atoms with Crippen molar-refractivity contribution in [2.75, 3.05) is 13.2 Å². The Hall–Kier alpha value is -1.06. The van der Waals surface area contributed by atoms with Crippen LogP contribution >= 0.6 is 0 Å². The molecule has 118 valence electrons. The summed E-state index contributed by atoms with van der Waals surface area (Å²) < 4.78 is 11.1. The van der Waals surface area contributed by atoms with Gasteiger partial charge in [0, 0.05) is 25.3 Å². The van der Waals surface area contributed by atoms with E-state index < -0.39 is 0 Å². The van der Waals surface area contributed by atoms with Crippen LogP contribution in [0.15, 0.2) is 24.3 Å². The summed E-state index contributed by atoms with van der Waals surface area (Å²) in [5.74, 6) is 0.960. The maximum Gasteiger partial charge on any atom is 0.119 e. The second kappa shape index (κ2) is 8.40. The zero-order chi connectivity index (χ0) is 15.1. The molecule has 1 aromatic carbocycles. The molecule has 21 heavy (non-hydrogen) atoms. The Kier molecular flexibility index (Phi) is 6.52. The van der Waals surface area contributed by atoms with E-state index in [0.717, 1.165) is 38.2 Å². The van der Waals surface area contributed by atoms with E-state index in [1.807, 2.05) is 0 Å². The van der Waals surface area contributed by atoms with Gasteiger partial charge in [0.15, 0.2) is 0 Å². The van der Waals surface area contributed by atoms with Gasteiger partial charge in [-0.1, -0.05) is 12.1 Å². The minimum Gasteiger partial charge on any atom is -0.491 e. The molecule has 0 amide bonds. The highest BCUT2D eigenvalue weighted by Gasteiger charge is 2.15. The molecular formula is C18H29NO2. The maximum atomic E-state index is 5.67. The van der Waals surface area contributed by atoms with Crippen LogP contribution in [0.25, 0.3) is 0 Å². The second-order valence-electron chi connectivity index (χ2n) is 6.30. The van der Waals surface area contributed by atoms with Gasteiger partial charge >= 0.3 is 0 Å². The topological polar surface area (TPSA) is 30.5 Å². The van der Waals surface area contributed by atoms with E-state index in [9.17, 15) is 0 Å². The third-order valence-corrected chi connectivity index (χ3v) is 3.90. The van der Waals surface area contributed by atoms with Crippen LogP contribution in [0.5, 0.6) is 5.75 Å². The van der Waals surface area contributed by atoms with Gasteiger partial charge in [0.2, 0.25) is 0 Å². The lowest BCUT2D eigenvalue weighted by Gasteiger charge is -2.26. The Morgan fingerprint density at radius 1 is 1.14 bits per heavy atom. The first-order valence-electron chi connectivity index (χ1n) is 8.23. The molecule has 1 aliphatic rings. The third kappa shape index (κ3) is 6.06. The van der Waals surface area contributed by atoms with Crippen molar-refractivity contribution < 1.29 is 9.47 Å². The first-order valence-corrected chi connectivity index (χ1v) is 8.23. The van der Waals surface area contributed by atoms with Gasteiger partial charge in [0.25, 0.3) is 0 Å². The van der Waals surface area contributed by atoms with Crippen molar-refractivity contribution in [1.82, 2.24) is 5.32 Å². The highest BCUT2D eigenvalue weighted by atomic mass is 16.5. The molecule has 0 aromatic heterocycles. The number of rotatable bonds is 7. The van der Waals surface area contributed by atoms with Crippen molar-refractivity contribution in [1.29, 1.82) is 0 Å². The van der Waals surface area contributed by atoms with Crippen LogP contribution in [0.3, 0.4) is 0 Å². The molecule has 0 saturated carbocycles. The van der Waals surface area contributed by atoms with Crippen LogP contribution in [0.1, 0.15) is 45.6 Å². The molecule has 0 radical (unpaired) electrons. The van der Waals surface area contributed by atoms with Gasteiger partial charge in [-0.25, -0.2) is 0 Å². The highest BCUT2D eigenvalue weighted by Crippen LogP contribution is 2.16. The predicted molar refractivity (Wildman–Crippen MR) is 87.0 cm³/mol. The maximum absolute atomic E-state index is 5.67. The van der Waals surface area contributed by atoms with Gasteiger partial charge < -0.3 is 14.8 Å². The number of hydrogen-bond acceptors (Lipinski definition) is 3. The van der Waals surface area contributed by atoms with Crippen molar-refractivity contribution in [3.63, 3.8) is 0 Å². The largest absolute Gasteiger partial charge is 0.491 e. The number of ether oxygens (including phenoxy) is 2. The van der Waals surface area contributed by atoms with E-state index >= 15 is 0 Å². The van der Waals surface area contributed by atoms with Crippen LogP contribution in [0.4, 0.5) is 0 Å². The second-order valence-corrected chi connectivity index (χ2v) is 6.30. The normalized spacial score (nSPS) is 17.9. The summed E-state index contributed by atoms with van der Waals surface area (Å²) in [5, 5.41) is 3.72. The fourth-order valence-electron chi connectivity index (χ4n) is 2.74. The van der Waals surface area contributed by atoms with Crippen molar-refractivity contribution in [3.05, 3.63) is 29.8 Å². The fraction of sp³-hybridized carbons (Fsp3) is 0.667. The molecule has 2 rings (SSSR count). The molecule has 3 nitrogen and oxygen atoms in total. The minimum absolute atomic E-state index is 0.236. The summed E-state index contributed by atoms with van der Waals surface area (Å²) in [7, 11) is 0. The zero-order valence-electron chi connectivity index (χ0n) is 13.6. The molecule has 1 atom stereocenters. The van der Waals surface area contributed by atoms with Crippen LogP contribution in [-0.2, 0) is 11.2 Å². The summed E-state index contributed by atoms with van der Waals surface area (Å²) in [4.78, 5) is 0. The lowest BCUT2D eigenvalue weighted by molar-refractivity contribution is 0.0752. The van der Waals surface area contributed by atoms with Crippen molar-refractivity contribution >= 4 is 0 Å². The molecule has 0 spiro atoms. The molecule has 0 unspecified atom stereocenters. The molecular weight excluding hydrogens is 262 g/mol. The molecule has 1 heterocycles. The minimum atomic E-state index is 0.236. The fourth-order valence-corrected chi connectivity index (χ4v) is 2.74. The van der Waals surface area contributed by atoms with Crippen LogP contribution in [0.2, 0.25) is 0 Å². The summed E-state index contributed by atoms with van der Waals surface area (Å²) in [6, 6.07) is 9.70. The summed E-state index contributed by atoms with van der Waals surface area (Å²) in [6.45, 7) is 8.20. The average Bonchev–Trinajstić information content (AvgIpc) is 2.47. The molecule has 1 aliphatic heterocycles. The first kappa shape index (κ1) is 16.3. The first-order chi connectivity index (χ1) is 10.1. The molecule has 0 aliphatic carbocycles. The van der Waals surface area contributed by atoms with Crippen molar-refractivity contribution in [3.8, 4) is 5.75 Å². The quantitative estimate of drug-likeness (QED) is 0.833. The van der Waals surface area contributed by atoms with E-state index in [4.69, 9.17) is 9.47 Å². The van der Waals surface area contributed by atoms with E-state index in [-0.39, 0.29) is 6.10 Å². The van der Waals surface area contributed by atoms with Gasteiger partial charge in [-0.3, -0.25) is 0 Å². The predicted octanol–water partition coefficient (Wildman–Crippen LogP) is 3.56. The van der Waals surface area contributed by atoms with Crippen LogP contribution in [-0.4, -0.2) is 31.4 Å². The number of nitrogens with one attached hydrogen (secondary N) is 1. The Morgan fingerprint density at radius 3 is 2.43 bits per heavy atom. The lowest BCUT2D eigenvalue weighted by atomic mass is 10.0. The Morgan fingerprint density at radius 2 is 1.81 bits per heavy atom. The Bertz CT molecular complexity index is 396. The van der Waals surface area contributed by atoms with Crippen LogP contribution < -0.4 is 10.1 Å². The monoisotopic (exact) mass is 291 g/mol. The summed E-state index contributed by atoms with van der Waals surface area (Å²) in [6.07, 6.45) is 4.80. The smallest absolute Gasteiger partial charge is 0.119 e. The van der Waals surface area contributed by atoms with Gasteiger partial charge in [-0.05, 0) is 64.2 Å². The van der Waals surface area contributed by atoms with Crippen molar-refractivity contribution in [2.45, 2.75) is 64.6 Å². The molecule has 0 bridgehead atoms. The molecule has 1 aromatic rings. The third-order valence-electron chi connectivity index (χ3n) is 3.90. The van der Waals surface area contributed by atoms with Gasteiger partial charge in [-0.2, -0.15) is 0 Å².